The molecular weight excluding hydrogens is 306 g/mol. The normalized spacial score (nSPS) is 11.7. The number of ether oxygens (including phenoxy) is 1. The summed E-state index contributed by atoms with van der Waals surface area (Å²) in [5.41, 5.74) is 1.27. The SMILES string of the molecule is Cc1ccc(-n2ccc3c(ccn3C(=O)OC(C)(C)C)c2=O)cn1. The molecule has 0 aliphatic carbocycles. The summed E-state index contributed by atoms with van der Waals surface area (Å²) in [6.07, 6.45) is 4.33. The van der Waals surface area contributed by atoms with Crippen LogP contribution >= 0.6 is 0 Å². The van der Waals surface area contributed by atoms with E-state index < -0.39 is 11.7 Å². The fourth-order valence-electron chi connectivity index (χ4n) is 2.41. The van der Waals surface area contributed by atoms with Gasteiger partial charge in [0.05, 0.1) is 22.8 Å². The molecule has 0 aliphatic rings. The Bertz CT molecular complexity index is 960. The second kappa shape index (κ2) is 5.63. The van der Waals surface area contributed by atoms with Crippen molar-refractivity contribution < 1.29 is 9.53 Å². The van der Waals surface area contributed by atoms with E-state index in [9.17, 15) is 9.59 Å². The second-order valence-electron chi connectivity index (χ2n) is 6.61. The lowest BCUT2D eigenvalue weighted by atomic mass is 10.2. The average Bonchev–Trinajstić information content (AvgIpc) is 2.92. The molecule has 6 heteroatoms. The van der Waals surface area contributed by atoms with Crippen LogP contribution in [0.5, 0.6) is 0 Å². The topological polar surface area (TPSA) is 66.1 Å². The number of aromatic nitrogens is 3. The largest absolute Gasteiger partial charge is 0.443 e. The van der Waals surface area contributed by atoms with Crippen LogP contribution in [0.25, 0.3) is 16.6 Å². The fraction of sp³-hybridized carbons (Fsp3) is 0.278. The van der Waals surface area contributed by atoms with Gasteiger partial charge in [0, 0.05) is 18.1 Å². The third kappa shape index (κ3) is 2.95. The molecule has 0 fully saturated rings. The van der Waals surface area contributed by atoms with Gasteiger partial charge >= 0.3 is 6.09 Å². The molecule has 6 nitrogen and oxygen atoms in total. The van der Waals surface area contributed by atoms with Gasteiger partial charge in [0.2, 0.25) is 0 Å². The molecule has 3 heterocycles. The first-order chi connectivity index (χ1) is 11.3. The van der Waals surface area contributed by atoms with E-state index in [1.807, 2.05) is 19.1 Å². The van der Waals surface area contributed by atoms with E-state index >= 15 is 0 Å². The molecule has 0 bridgehead atoms. The van der Waals surface area contributed by atoms with E-state index in [2.05, 4.69) is 4.98 Å². The smallest absolute Gasteiger partial charge is 0.418 e. The van der Waals surface area contributed by atoms with Crippen LogP contribution in [0.1, 0.15) is 26.5 Å². The first kappa shape index (κ1) is 16.0. The maximum absolute atomic E-state index is 12.7. The average molecular weight is 325 g/mol. The number of fused-ring (bicyclic) bond motifs is 1. The number of pyridine rings is 2. The minimum absolute atomic E-state index is 0.208. The predicted octanol–water partition coefficient (Wildman–Crippen LogP) is 3.28. The highest BCUT2D eigenvalue weighted by atomic mass is 16.6. The first-order valence-electron chi connectivity index (χ1n) is 7.65. The van der Waals surface area contributed by atoms with Crippen LogP contribution in [-0.2, 0) is 4.74 Å². The number of hydrogen-bond donors (Lipinski definition) is 0. The van der Waals surface area contributed by atoms with E-state index in [-0.39, 0.29) is 5.56 Å². The van der Waals surface area contributed by atoms with E-state index in [1.54, 1.807) is 51.5 Å². The summed E-state index contributed by atoms with van der Waals surface area (Å²) in [4.78, 5) is 29.2. The van der Waals surface area contributed by atoms with Gasteiger partial charge in [-0.3, -0.25) is 18.9 Å². The minimum atomic E-state index is -0.601. The summed E-state index contributed by atoms with van der Waals surface area (Å²) in [7, 11) is 0. The molecule has 3 rings (SSSR count). The Hall–Kier alpha value is -2.89. The lowest BCUT2D eigenvalue weighted by Crippen LogP contribution is -2.27. The summed E-state index contributed by atoms with van der Waals surface area (Å²) >= 11 is 0. The van der Waals surface area contributed by atoms with Gasteiger partial charge < -0.3 is 4.74 Å². The number of aryl methyl sites for hydroxylation is 1. The molecule has 0 unspecified atom stereocenters. The molecule has 0 atom stereocenters. The molecule has 0 saturated heterocycles. The Balaban J connectivity index is 2.07. The van der Waals surface area contributed by atoms with Gasteiger partial charge in [-0.25, -0.2) is 4.79 Å². The van der Waals surface area contributed by atoms with Crippen molar-refractivity contribution in [2.24, 2.45) is 0 Å². The van der Waals surface area contributed by atoms with Crippen LogP contribution in [0.3, 0.4) is 0 Å². The van der Waals surface area contributed by atoms with Crippen LogP contribution in [0.2, 0.25) is 0 Å². The van der Waals surface area contributed by atoms with Crippen molar-refractivity contribution in [1.82, 2.24) is 14.1 Å². The van der Waals surface area contributed by atoms with Crippen molar-refractivity contribution in [1.29, 1.82) is 0 Å². The molecule has 124 valence electrons. The van der Waals surface area contributed by atoms with Crippen molar-refractivity contribution in [3.05, 3.63) is 58.9 Å². The van der Waals surface area contributed by atoms with Gasteiger partial charge in [0.25, 0.3) is 5.56 Å². The Morgan fingerprint density at radius 3 is 2.50 bits per heavy atom. The monoisotopic (exact) mass is 325 g/mol. The zero-order valence-electron chi connectivity index (χ0n) is 14.1. The van der Waals surface area contributed by atoms with Crippen LogP contribution < -0.4 is 5.56 Å². The molecule has 0 aliphatic heterocycles. The van der Waals surface area contributed by atoms with Gasteiger partial charge in [-0.2, -0.15) is 0 Å². The third-order valence-electron chi connectivity index (χ3n) is 3.52. The lowest BCUT2D eigenvalue weighted by molar-refractivity contribution is 0.0544. The number of carbonyl (C=O) groups is 1. The second-order valence-corrected chi connectivity index (χ2v) is 6.61. The molecule has 0 N–H and O–H groups in total. The van der Waals surface area contributed by atoms with E-state index in [4.69, 9.17) is 4.74 Å². The predicted molar refractivity (Wildman–Crippen MR) is 91.7 cm³/mol. The van der Waals surface area contributed by atoms with Crippen molar-refractivity contribution >= 4 is 17.0 Å². The van der Waals surface area contributed by atoms with Crippen molar-refractivity contribution in [3.8, 4) is 5.69 Å². The van der Waals surface area contributed by atoms with Crippen molar-refractivity contribution in [2.75, 3.05) is 0 Å². The molecule has 0 radical (unpaired) electrons. The molecule has 3 aromatic heterocycles. The number of carbonyl (C=O) groups excluding carboxylic acids is 1. The van der Waals surface area contributed by atoms with Gasteiger partial charge in [-0.1, -0.05) is 0 Å². The molecule has 24 heavy (non-hydrogen) atoms. The zero-order chi connectivity index (χ0) is 17.5. The fourth-order valence-corrected chi connectivity index (χ4v) is 2.41. The van der Waals surface area contributed by atoms with Crippen molar-refractivity contribution in [3.63, 3.8) is 0 Å². The lowest BCUT2D eigenvalue weighted by Gasteiger charge is -2.19. The highest BCUT2D eigenvalue weighted by Crippen LogP contribution is 2.16. The zero-order valence-corrected chi connectivity index (χ0v) is 14.1. The Morgan fingerprint density at radius 1 is 1.12 bits per heavy atom. The Morgan fingerprint density at radius 2 is 1.88 bits per heavy atom. The molecule has 0 aromatic carbocycles. The summed E-state index contributed by atoms with van der Waals surface area (Å²) < 4.78 is 8.22. The quantitative estimate of drug-likeness (QED) is 0.688. The maximum atomic E-state index is 12.7. The van der Waals surface area contributed by atoms with Gasteiger partial charge in [-0.15, -0.1) is 0 Å². The first-order valence-corrected chi connectivity index (χ1v) is 7.65. The maximum Gasteiger partial charge on any atom is 0.418 e. The van der Waals surface area contributed by atoms with Gasteiger partial charge in [0.15, 0.2) is 0 Å². The van der Waals surface area contributed by atoms with E-state index in [0.29, 0.717) is 16.6 Å². The third-order valence-corrected chi connectivity index (χ3v) is 3.52. The number of hydrogen-bond acceptors (Lipinski definition) is 4. The Labute approximate surface area is 139 Å². The van der Waals surface area contributed by atoms with Gasteiger partial charge in [-0.05, 0) is 52.0 Å². The summed E-state index contributed by atoms with van der Waals surface area (Å²) in [5, 5.41) is 0.448. The minimum Gasteiger partial charge on any atom is -0.443 e. The molecule has 0 saturated carbocycles. The summed E-state index contributed by atoms with van der Waals surface area (Å²) in [5.74, 6) is 0. The number of nitrogens with zero attached hydrogens (tertiary/aromatic N) is 3. The molecular formula is C18H19N3O3. The van der Waals surface area contributed by atoms with Crippen LogP contribution in [0, 0.1) is 6.92 Å². The van der Waals surface area contributed by atoms with Gasteiger partial charge in [0.1, 0.15) is 5.60 Å². The number of rotatable bonds is 1. The molecule has 3 aromatic rings. The summed E-state index contributed by atoms with van der Waals surface area (Å²) in [6, 6.07) is 7.03. The van der Waals surface area contributed by atoms with E-state index in [0.717, 1.165) is 5.69 Å². The Kier molecular flexibility index (Phi) is 3.75. The van der Waals surface area contributed by atoms with E-state index in [1.165, 1.54) is 9.13 Å². The summed E-state index contributed by atoms with van der Waals surface area (Å²) in [6.45, 7) is 7.28. The van der Waals surface area contributed by atoms with Crippen LogP contribution in [-0.4, -0.2) is 25.8 Å². The molecule has 0 amide bonds. The molecule has 0 spiro atoms. The highest BCUT2D eigenvalue weighted by molar-refractivity contribution is 5.89. The standard InChI is InChI=1S/C18H19N3O3/c1-12-5-6-13(11-19-12)20-10-8-15-14(16(20)22)7-9-21(15)17(23)24-18(2,3)4/h5-11H,1-4H3. The van der Waals surface area contributed by atoms with Crippen LogP contribution in [0.15, 0.2) is 47.7 Å². The van der Waals surface area contributed by atoms with Crippen LogP contribution in [0.4, 0.5) is 4.79 Å². The van der Waals surface area contributed by atoms with Crippen molar-refractivity contribution in [2.45, 2.75) is 33.3 Å². The highest BCUT2D eigenvalue weighted by Gasteiger charge is 2.20.